The molecule has 2 rings (SSSR count). The number of benzene rings is 1. The van der Waals surface area contributed by atoms with Gasteiger partial charge >= 0.3 is 0 Å². The van der Waals surface area contributed by atoms with Gasteiger partial charge in [0.2, 0.25) is 0 Å². The zero-order valence-electron chi connectivity index (χ0n) is 9.64. The third kappa shape index (κ3) is 2.18. The fourth-order valence-electron chi connectivity index (χ4n) is 1.54. The van der Waals surface area contributed by atoms with Crippen molar-refractivity contribution < 1.29 is 18.7 Å². The third-order valence-electron chi connectivity index (χ3n) is 2.29. The van der Waals surface area contributed by atoms with Gasteiger partial charge in [-0.2, -0.15) is 0 Å². The monoisotopic (exact) mass is 249 g/mol. The van der Waals surface area contributed by atoms with E-state index >= 15 is 0 Å². The molecule has 6 nitrogen and oxygen atoms in total. The number of rotatable bonds is 4. The molecule has 2 aromatic rings. The summed E-state index contributed by atoms with van der Waals surface area (Å²) >= 11 is 0. The molecule has 0 saturated heterocycles. The lowest BCUT2D eigenvalue weighted by Crippen LogP contribution is -2.15. The van der Waals surface area contributed by atoms with Gasteiger partial charge in [-0.05, 0) is 12.1 Å². The molecular weight excluding hydrogens is 238 g/mol. The van der Waals surface area contributed by atoms with Crippen molar-refractivity contribution in [1.29, 1.82) is 0 Å². The highest BCUT2D eigenvalue weighted by Crippen LogP contribution is 2.23. The second kappa shape index (κ2) is 4.89. The summed E-state index contributed by atoms with van der Waals surface area (Å²) < 4.78 is 15.2. The molecule has 0 aliphatic carbocycles. The van der Waals surface area contributed by atoms with Crippen molar-refractivity contribution in [1.82, 2.24) is 0 Å². The van der Waals surface area contributed by atoms with E-state index in [0.29, 0.717) is 5.75 Å². The van der Waals surface area contributed by atoms with E-state index in [0.717, 1.165) is 6.07 Å². The first-order valence-corrected chi connectivity index (χ1v) is 5.12. The highest BCUT2D eigenvalue weighted by molar-refractivity contribution is 5.92. The maximum absolute atomic E-state index is 11.9. The molecule has 1 amide bonds. The van der Waals surface area contributed by atoms with Crippen LogP contribution in [0, 0.1) is 0 Å². The van der Waals surface area contributed by atoms with Gasteiger partial charge in [-0.15, -0.1) is 0 Å². The minimum Gasteiger partial charge on any atom is -0.467 e. The molecule has 2 N–H and O–H groups in total. The Labute approximate surface area is 102 Å². The van der Waals surface area contributed by atoms with Crippen LogP contribution in [0.3, 0.4) is 0 Å². The first kappa shape index (κ1) is 12.1. The normalized spacial score (nSPS) is 10.5. The Bertz CT molecular complexity index is 646. The van der Waals surface area contributed by atoms with Gasteiger partial charge < -0.3 is 19.6 Å². The van der Waals surface area contributed by atoms with Crippen LogP contribution in [-0.2, 0) is 4.74 Å². The summed E-state index contributed by atoms with van der Waals surface area (Å²) in [5, 5.41) is 0.250. The maximum atomic E-state index is 11.9. The Hall–Kier alpha value is -2.34. The van der Waals surface area contributed by atoms with Crippen molar-refractivity contribution in [2.75, 3.05) is 13.9 Å². The first-order chi connectivity index (χ1) is 8.63. The van der Waals surface area contributed by atoms with E-state index in [1.54, 1.807) is 18.2 Å². The summed E-state index contributed by atoms with van der Waals surface area (Å²) in [6.07, 6.45) is 0. The zero-order chi connectivity index (χ0) is 13.1. The Morgan fingerprint density at radius 2 is 2.22 bits per heavy atom. The van der Waals surface area contributed by atoms with E-state index in [4.69, 9.17) is 19.6 Å². The minimum atomic E-state index is -0.794. The molecule has 0 atom stereocenters. The summed E-state index contributed by atoms with van der Waals surface area (Å²) in [7, 11) is 1.47. The van der Waals surface area contributed by atoms with Gasteiger partial charge in [0, 0.05) is 13.2 Å². The highest BCUT2D eigenvalue weighted by atomic mass is 16.7. The smallest absolute Gasteiger partial charge is 0.284 e. The number of ether oxygens (including phenoxy) is 2. The molecule has 0 fully saturated rings. The third-order valence-corrected chi connectivity index (χ3v) is 2.29. The van der Waals surface area contributed by atoms with E-state index < -0.39 is 11.3 Å². The Kier molecular flexibility index (Phi) is 3.29. The summed E-state index contributed by atoms with van der Waals surface area (Å²) in [5.74, 6) is -0.646. The molecule has 18 heavy (non-hydrogen) atoms. The lowest BCUT2D eigenvalue weighted by atomic mass is 10.2. The van der Waals surface area contributed by atoms with E-state index in [-0.39, 0.29) is 23.5 Å². The van der Waals surface area contributed by atoms with E-state index in [1.807, 2.05) is 0 Å². The highest BCUT2D eigenvalue weighted by Gasteiger charge is 2.12. The molecule has 0 spiro atoms. The fourth-order valence-corrected chi connectivity index (χ4v) is 1.54. The van der Waals surface area contributed by atoms with Crippen LogP contribution in [0.15, 0.2) is 33.5 Å². The predicted octanol–water partition coefficient (Wildman–Crippen LogP) is 0.875. The molecule has 0 unspecified atom stereocenters. The molecule has 6 heteroatoms. The van der Waals surface area contributed by atoms with Crippen molar-refractivity contribution in [3.05, 3.63) is 40.2 Å². The lowest BCUT2D eigenvalue weighted by molar-refractivity contribution is 0.0521. The van der Waals surface area contributed by atoms with Crippen molar-refractivity contribution in [2.24, 2.45) is 5.73 Å². The van der Waals surface area contributed by atoms with Crippen molar-refractivity contribution in [3.63, 3.8) is 0 Å². The summed E-state index contributed by atoms with van der Waals surface area (Å²) in [5.41, 5.74) is 4.92. The first-order valence-electron chi connectivity index (χ1n) is 5.12. The second-order valence-corrected chi connectivity index (χ2v) is 3.52. The van der Waals surface area contributed by atoms with Crippen LogP contribution in [-0.4, -0.2) is 19.8 Å². The van der Waals surface area contributed by atoms with Crippen LogP contribution in [0.25, 0.3) is 11.0 Å². The molecule has 1 aromatic heterocycles. The van der Waals surface area contributed by atoms with Gasteiger partial charge in [-0.25, -0.2) is 0 Å². The molecule has 0 bridgehead atoms. The topological polar surface area (TPSA) is 91.8 Å². The standard InChI is InChI=1S/C12H11NO5/c1-16-6-17-8-3-2-4-9-11(8)7(14)5-10(18-9)12(13)15/h2-5H,6H2,1H3,(H2,13,15). The predicted molar refractivity (Wildman–Crippen MR) is 63.5 cm³/mol. The van der Waals surface area contributed by atoms with Crippen LogP contribution >= 0.6 is 0 Å². The molecule has 0 aliphatic rings. The number of fused-ring (bicyclic) bond motifs is 1. The zero-order valence-corrected chi connectivity index (χ0v) is 9.64. The van der Waals surface area contributed by atoms with Gasteiger partial charge in [-0.1, -0.05) is 6.07 Å². The van der Waals surface area contributed by atoms with Gasteiger partial charge in [-0.3, -0.25) is 9.59 Å². The van der Waals surface area contributed by atoms with Crippen LogP contribution in [0.1, 0.15) is 10.6 Å². The van der Waals surface area contributed by atoms with E-state index in [1.165, 1.54) is 7.11 Å². The molecule has 0 radical (unpaired) electrons. The Morgan fingerprint density at radius 1 is 1.44 bits per heavy atom. The van der Waals surface area contributed by atoms with E-state index in [2.05, 4.69) is 0 Å². The number of nitrogens with two attached hydrogens (primary N) is 1. The van der Waals surface area contributed by atoms with Gasteiger partial charge in [0.15, 0.2) is 18.0 Å². The summed E-state index contributed by atoms with van der Waals surface area (Å²) in [6.45, 7) is 0.0100. The number of carbonyl (C=O) groups excluding carboxylic acids is 1. The number of carbonyl (C=O) groups is 1. The lowest BCUT2D eigenvalue weighted by Gasteiger charge is -2.07. The largest absolute Gasteiger partial charge is 0.467 e. The van der Waals surface area contributed by atoms with Crippen LogP contribution in [0.4, 0.5) is 0 Å². The van der Waals surface area contributed by atoms with Gasteiger partial charge in [0.25, 0.3) is 5.91 Å². The molecule has 0 saturated carbocycles. The number of primary amides is 1. The molecular formula is C12H11NO5. The van der Waals surface area contributed by atoms with Crippen molar-refractivity contribution >= 4 is 16.9 Å². The molecule has 1 aromatic carbocycles. The van der Waals surface area contributed by atoms with Crippen molar-refractivity contribution in [3.8, 4) is 5.75 Å². The molecule has 1 heterocycles. The quantitative estimate of drug-likeness (QED) is 0.812. The minimum absolute atomic E-state index is 0.0100. The van der Waals surface area contributed by atoms with Crippen LogP contribution < -0.4 is 15.9 Å². The fraction of sp³-hybridized carbons (Fsp3) is 0.167. The average molecular weight is 249 g/mol. The Morgan fingerprint density at radius 3 is 2.89 bits per heavy atom. The average Bonchev–Trinajstić information content (AvgIpc) is 2.35. The molecule has 94 valence electrons. The van der Waals surface area contributed by atoms with Crippen LogP contribution in [0.2, 0.25) is 0 Å². The molecule has 0 aliphatic heterocycles. The Balaban J connectivity index is 2.63. The van der Waals surface area contributed by atoms with Crippen molar-refractivity contribution in [2.45, 2.75) is 0 Å². The van der Waals surface area contributed by atoms with Crippen LogP contribution in [0.5, 0.6) is 5.75 Å². The SMILES string of the molecule is COCOc1cccc2oc(C(N)=O)cc(=O)c12. The maximum Gasteiger partial charge on any atom is 0.284 e. The summed E-state index contributed by atoms with van der Waals surface area (Å²) in [6, 6.07) is 5.86. The number of amides is 1. The number of methoxy groups -OCH3 is 1. The summed E-state index contributed by atoms with van der Waals surface area (Å²) in [4.78, 5) is 22.9. The second-order valence-electron chi connectivity index (χ2n) is 3.52. The number of hydrogen-bond acceptors (Lipinski definition) is 5. The van der Waals surface area contributed by atoms with Gasteiger partial charge in [0.1, 0.15) is 16.7 Å². The van der Waals surface area contributed by atoms with E-state index in [9.17, 15) is 9.59 Å². The van der Waals surface area contributed by atoms with Gasteiger partial charge in [0.05, 0.1) is 0 Å². The number of hydrogen-bond donors (Lipinski definition) is 1.